The van der Waals surface area contributed by atoms with E-state index in [0.717, 1.165) is 20.1 Å². The summed E-state index contributed by atoms with van der Waals surface area (Å²) in [5.41, 5.74) is 1.72. The first kappa shape index (κ1) is 18.6. The van der Waals surface area contributed by atoms with Gasteiger partial charge in [0.05, 0.1) is 12.5 Å². The van der Waals surface area contributed by atoms with Crippen LogP contribution < -0.4 is 10.1 Å². The highest BCUT2D eigenvalue weighted by Gasteiger charge is 2.23. The average Bonchev–Trinajstić information content (AvgIpc) is 2.90. The number of hydrogen-bond donors (Lipinski definition) is 1. The van der Waals surface area contributed by atoms with Gasteiger partial charge in [-0.05, 0) is 37.6 Å². The smallest absolute Gasteiger partial charge is 0.246 e. The zero-order chi connectivity index (χ0) is 19.1. The molecule has 0 fully saturated rings. The predicted molar refractivity (Wildman–Crippen MR) is 104 cm³/mol. The van der Waals surface area contributed by atoms with Crippen molar-refractivity contribution in [3.05, 3.63) is 35.0 Å². The van der Waals surface area contributed by atoms with Crippen LogP contribution in [0.25, 0.3) is 10.2 Å². The molecule has 3 aromatic rings. The summed E-state index contributed by atoms with van der Waals surface area (Å²) in [7, 11) is 0.777. The second-order valence-electron chi connectivity index (χ2n) is 5.96. The lowest BCUT2D eigenvalue weighted by atomic mass is 10.2. The Kier molecular flexibility index (Phi) is 4.87. The van der Waals surface area contributed by atoms with E-state index >= 15 is 0 Å². The lowest BCUT2D eigenvalue weighted by molar-refractivity contribution is 0.400. The number of aryl methyl sites for hydroxylation is 2. The normalized spacial score (nSPS) is 11.9. The Hall–Kier alpha value is -2.23. The molecule has 0 unspecified atom stereocenters. The molecular weight excluding hydrogens is 372 g/mol. The van der Waals surface area contributed by atoms with Crippen molar-refractivity contribution in [1.29, 1.82) is 0 Å². The van der Waals surface area contributed by atoms with Gasteiger partial charge in [-0.1, -0.05) is 0 Å². The Morgan fingerprint density at radius 1 is 1.19 bits per heavy atom. The summed E-state index contributed by atoms with van der Waals surface area (Å²) < 4.78 is 31.5. The van der Waals surface area contributed by atoms with Gasteiger partial charge in [-0.3, -0.25) is 0 Å². The molecule has 7 nitrogen and oxygen atoms in total. The van der Waals surface area contributed by atoms with E-state index in [9.17, 15) is 8.42 Å². The summed E-state index contributed by atoms with van der Waals surface area (Å²) >= 11 is 1.61. The number of nitrogens with one attached hydrogen (secondary N) is 1. The van der Waals surface area contributed by atoms with Crippen LogP contribution in [0.2, 0.25) is 0 Å². The van der Waals surface area contributed by atoms with Crippen LogP contribution in [0.4, 0.5) is 11.5 Å². The van der Waals surface area contributed by atoms with E-state index in [0.29, 0.717) is 17.3 Å². The molecule has 0 radical (unpaired) electrons. The minimum Gasteiger partial charge on any atom is -0.495 e. The van der Waals surface area contributed by atoms with E-state index in [2.05, 4.69) is 15.3 Å². The van der Waals surface area contributed by atoms with Crippen LogP contribution in [0.15, 0.2) is 29.4 Å². The molecule has 0 spiro atoms. The van der Waals surface area contributed by atoms with Crippen molar-refractivity contribution < 1.29 is 13.2 Å². The van der Waals surface area contributed by atoms with Gasteiger partial charge in [-0.15, -0.1) is 11.3 Å². The van der Waals surface area contributed by atoms with Crippen molar-refractivity contribution in [2.45, 2.75) is 18.7 Å². The lowest BCUT2D eigenvalue weighted by Crippen LogP contribution is -2.22. The van der Waals surface area contributed by atoms with Crippen LogP contribution >= 0.6 is 11.3 Å². The Morgan fingerprint density at radius 2 is 1.92 bits per heavy atom. The quantitative estimate of drug-likeness (QED) is 0.717. The maximum absolute atomic E-state index is 12.6. The Labute approximate surface area is 156 Å². The van der Waals surface area contributed by atoms with Crippen molar-refractivity contribution in [3.63, 3.8) is 0 Å². The number of nitrogens with zero attached hydrogens (tertiary/aromatic N) is 3. The molecule has 2 heterocycles. The maximum Gasteiger partial charge on any atom is 0.246 e. The SMILES string of the molecule is COc1ccc(Nc2ncnc3sc(C)c(C)c23)cc1S(=O)(=O)N(C)C. The fourth-order valence-electron chi connectivity index (χ4n) is 2.57. The number of thiophene rings is 1. The molecule has 26 heavy (non-hydrogen) atoms. The molecule has 0 saturated carbocycles. The molecule has 138 valence electrons. The minimum absolute atomic E-state index is 0.0959. The molecule has 0 amide bonds. The van der Waals surface area contributed by atoms with E-state index in [4.69, 9.17) is 4.74 Å². The molecule has 1 N–H and O–H groups in total. The second-order valence-corrected chi connectivity index (χ2v) is 9.29. The molecule has 0 aliphatic carbocycles. The molecule has 1 aromatic carbocycles. The van der Waals surface area contributed by atoms with Crippen molar-refractivity contribution in [2.24, 2.45) is 0 Å². The van der Waals surface area contributed by atoms with Gasteiger partial charge in [0.15, 0.2) is 0 Å². The third-order valence-electron chi connectivity index (χ3n) is 4.15. The largest absolute Gasteiger partial charge is 0.495 e. The first-order valence-corrected chi connectivity index (χ1v) is 10.1. The highest BCUT2D eigenvalue weighted by molar-refractivity contribution is 7.89. The number of hydrogen-bond acceptors (Lipinski definition) is 7. The van der Waals surface area contributed by atoms with Crippen LogP contribution in [-0.2, 0) is 10.0 Å². The molecular formula is C17H20N4O3S2. The van der Waals surface area contributed by atoms with Gasteiger partial charge >= 0.3 is 0 Å². The fraction of sp³-hybridized carbons (Fsp3) is 0.294. The molecule has 0 aliphatic heterocycles. The average molecular weight is 393 g/mol. The molecule has 0 bridgehead atoms. The van der Waals surface area contributed by atoms with Gasteiger partial charge < -0.3 is 10.1 Å². The van der Waals surface area contributed by atoms with E-state index in [-0.39, 0.29) is 4.90 Å². The van der Waals surface area contributed by atoms with E-state index in [1.165, 1.54) is 32.4 Å². The van der Waals surface area contributed by atoms with Crippen LogP contribution in [0.5, 0.6) is 5.75 Å². The van der Waals surface area contributed by atoms with Crippen LogP contribution in [0, 0.1) is 13.8 Å². The fourth-order valence-corrected chi connectivity index (χ4v) is 4.64. The number of ether oxygens (including phenoxy) is 1. The number of benzene rings is 1. The number of sulfonamides is 1. The first-order valence-electron chi connectivity index (χ1n) is 7.84. The number of anilines is 2. The standard InChI is InChI=1S/C17H20N4O3S2/c1-10-11(2)25-17-15(10)16(18-9-19-17)20-12-6-7-13(24-5)14(8-12)26(22,23)21(3)4/h6-9H,1-5H3,(H,18,19,20). The molecule has 0 saturated heterocycles. The minimum atomic E-state index is -3.64. The lowest BCUT2D eigenvalue weighted by Gasteiger charge is -2.16. The van der Waals surface area contributed by atoms with Gasteiger partial charge in [0.1, 0.15) is 27.6 Å². The Balaban J connectivity index is 2.10. The molecule has 0 aliphatic rings. The summed E-state index contributed by atoms with van der Waals surface area (Å²) in [6.45, 7) is 4.07. The van der Waals surface area contributed by atoms with Gasteiger partial charge in [0.25, 0.3) is 0 Å². The zero-order valence-corrected chi connectivity index (χ0v) is 16.8. The van der Waals surface area contributed by atoms with Crippen molar-refractivity contribution in [3.8, 4) is 5.75 Å². The van der Waals surface area contributed by atoms with Gasteiger partial charge in [-0.25, -0.2) is 22.7 Å². The van der Waals surface area contributed by atoms with Gasteiger partial charge in [-0.2, -0.15) is 0 Å². The third kappa shape index (κ3) is 3.13. The zero-order valence-electron chi connectivity index (χ0n) is 15.2. The maximum atomic E-state index is 12.6. The highest BCUT2D eigenvalue weighted by atomic mass is 32.2. The molecule has 2 aromatic heterocycles. The summed E-state index contributed by atoms with van der Waals surface area (Å²) in [6.07, 6.45) is 1.50. The molecule has 3 rings (SSSR count). The van der Waals surface area contributed by atoms with Crippen LogP contribution in [-0.4, -0.2) is 43.9 Å². The van der Waals surface area contributed by atoms with Crippen molar-refractivity contribution in [1.82, 2.24) is 14.3 Å². The van der Waals surface area contributed by atoms with Crippen LogP contribution in [0.3, 0.4) is 0 Å². The van der Waals surface area contributed by atoms with Gasteiger partial charge in [0, 0.05) is 24.7 Å². The Morgan fingerprint density at radius 3 is 2.58 bits per heavy atom. The van der Waals surface area contributed by atoms with Crippen LogP contribution in [0.1, 0.15) is 10.4 Å². The number of aromatic nitrogens is 2. The first-order chi connectivity index (χ1) is 12.3. The number of rotatable bonds is 5. The summed E-state index contributed by atoms with van der Waals surface area (Å²) in [4.78, 5) is 10.8. The molecule has 9 heteroatoms. The van der Waals surface area contributed by atoms with Gasteiger partial charge in [0.2, 0.25) is 10.0 Å². The Bertz CT molecular complexity index is 1080. The molecule has 0 atom stereocenters. The van der Waals surface area contributed by atoms with E-state index in [1.54, 1.807) is 29.5 Å². The summed E-state index contributed by atoms with van der Waals surface area (Å²) in [6, 6.07) is 4.94. The highest BCUT2D eigenvalue weighted by Crippen LogP contribution is 2.35. The predicted octanol–water partition coefficient (Wildman–Crippen LogP) is 3.31. The van der Waals surface area contributed by atoms with Crippen molar-refractivity contribution >= 4 is 43.1 Å². The number of fused-ring (bicyclic) bond motifs is 1. The summed E-state index contributed by atoms with van der Waals surface area (Å²) in [5.74, 6) is 0.940. The third-order valence-corrected chi connectivity index (χ3v) is 7.10. The number of methoxy groups -OCH3 is 1. The topological polar surface area (TPSA) is 84.4 Å². The monoisotopic (exact) mass is 392 g/mol. The van der Waals surface area contributed by atoms with E-state index in [1.807, 2.05) is 13.8 Å². The van der Waals surface area contributed by atoms with E-state index < -0.39 is 10.0 Å². The van der Waals surface area contributed by atoms with Crippen molar-refractivity contribution in [2.75, 3.05) is 26.5 Å². The summed E-state index contributed by atoms with van der Waals surface area (Å²) in [5, 5.41) is 4.17. The second kappa shape index (κ2) is 6.82.